The van der Waals surface area contributed by atoms with Crippen molar-refractivity contribution in [3.63, 3.8) is 0 Å². The maximum absolute atomic E-state index is 5.00. The van der Waals surface area contributed by atoms with Gasteiger partial charge in [-0.05, 0) is 0 Å². The summed E-state index contributed by atoms with van der Waals surface area (Å²) in [5.74, 6) is 0. The zero-order valence-electron chi connectivity index (χ0n) is 5.90. The summed E-state index contributed by atoms with van der Waals surface area (Å²) in [4.78, 5) is 12.0. The van der Waals surface area contributed by atoms with Gasteiger partial charge >= 0.3 is 0 Å². The molecule has 11 heavy (non-hydrogen) atoms. The maximum atomic E-state index is 5.00. The van der Waals surface area contributed by atoms with Gasteiger partial charge in [-0.25, -0.2) is 9.97 Å². The fourth-order valence-electron chi connectivity index (χ4n) is 0.877. The van der Waals surface area contributed by atoms with Crippen molar-refractivity contribution in [3.8, 4) is 0 Å². The summed E-state index contributed by atoms with van der Waals surface area (Å²) in [5.41, 5.74) is 1.36. The molecule has 2 aromatic rings. The highest BCUT2D eigenvalue weighted by molar-refractivity contribution is 6.53. The molecular formula is C6H5N3OSi. The van der Waals surface area contributed by atoms with Crippen LogP contribution < -0.4 is 5.32 Å². The van der Waals surface area contributed by atoms with Gasteiger partial charge in [-0.3, -0.25) is 0 Å². The lowest BCUT2D eigenvalue weighted by molar-refractivity contribution is 0.590. The van der Waals surface area contributed by atoms with Crippen molar-refractivity contribution in [1.82, 2.24) is 15.0 Å². The number of aromatic nitrogens is 3. The minimum absolute atomic E-state index is 0.573. The summed E-state index contributed by atoms with van der Waals surface area (Å²) in [7, 11) is 0.627. The van der Waals surface area contributed by atoms with Gasteiger partial charge in [0.05, 0.1) is 5.32 Å². The summed E-state index contributed by atoms with van der Waals surface area (Å²) in [5, 5.41) is 0.962. The average molecular weight is 163 g/mol. The van der Waals surface area contributed by atoms with Crippen LogP contribution in [0.4, 0.5) is 0 Å². The first kappa shape index (κ1) is 6.48. The third-order valence-corrected chi connectivity index (χ3v) is 2.21. The van der Waals surface area contributed by atoms with Crippen LogP contribution in [-0.2, 0) is 0 Å². The molecule has 0 aliphatic carbocycles. The summed E-state index contributed by atoms with van der Waals surface area (Å²) >= 11 is 0. The quantitative estimate of drug-likeness (QED) is 0.555. The van der Waals surface area contributed by atoms with Crippen LogP contribution in [0.3, 0.4) is 0 Å². The second-order valence-corrected chi connectivity index (χ2v) is 2.95. The van der Waals surface area contributed by atoms with E-state index >= 15 is 0 Å². The summed E-state index contributed by atoms with van der Waals surface area (Å²) in [6, 6.07) is 0. The Labute approximate surface area is 65.5 Å². The fourth-order valence-corrected chi connectivity index (χ4v) is 1.47. The Morgan fingerprint density at radius 2 is 2.27 bits per heavy atom. The molecule has 2 radical (unpaired) electrons. The van der Waals surface area contributed by atoms with Crippen molar-refractivity contribution >= 4 is 26.1 Å². The average Bonchev–Trinajstić information content (AvgIpc) is 2.50. The molecule has 0 aliphatic heterocycles. The Morgan fingerprint density at radius 1 is 1.36 bits per heavy atom. The fraction of sp³-hybridized carbons (Fsp3) is 0.167. The zero-order chi connectivity index (χ0) is 7.68. The van der Waals surface area contributed by atoms with Gasteiger partial charge in [0.1, 0.15) is 21.4 Å². The monoisotopic (exact) mass is 163 g/mol. The smallest absolute Gasteiger partial charge is 0.249 e. The molecule has 0 saturated carbocycles. The number of nitrogens with zero attached hydrogens (tertiary/aromatic N) is 3. The molecule has 2 rings (SSSR count). The van der Waals surface area contributed by atoms with Gasteiger partial charge in [-0.1, -0.05) is 6.55 Å². The van der Waals surface area contributed by atoms with E-state index in [2.05, 4.69) is 21.5 Å². The van der Waals surface area contributed by atoms with Crippen LogP contribution in [0.5, 0.6) is 0 Å². The Hall–Kier alpha value is -1.23. The minimum Gasteiger partial charge on any atom is -0.425 e. The molecule has 0 N–H and O–H groups in total. The SMILES string of the molecule is C[Si]c1ncnc2ocnc12. The summed E-state index contributed by atoms with van der Waals surface area (Å²) < 4.78 is 5.00. The van der Waals surface area contributed by atoms with E-state index in [1.807, 2.05) is 0 Å². The van der Waals surface area contributed by atoms with Crippen molar-refractivity contribution < 1.29 is 4.42 Å². The molecule has 0 unspecified atom stereocenters. The second-order valence-electron chi connectivity index (χ2n) is 1.98. The van der Waals surface area contributed by atoms with Crippen LogP contribution in [0.25, 0.3) is 11.2 Å². The van der Waals surface area contributed by atoms with E-state index in [0.717, 1.165) is 10.8 Å². The van der Waals surface area contributed by atoms with Gasteiger partial charge in [0.15, 0.2) is 6.39 Å². The standard InChI is InChI=1S/C6H5N3OSi/c1-11-6-4-5(7-2-8-6)10-3-9-4/h2-3H,1H3. The maximum Gasteiger partial charge on any atom is 0.249 e. The second kappa shape index (κ2) is 2.43. The lowest BCUT2D eigenvalue weighted by Gasteiger charge is -1.91. The van der Waals surface area contributed by atoms with Gasteiger partial charge < -0.3 is 4.42 Å². The highest BCUT2D eigenvalue weighted by Gasteiger charge is 2.04. The van der Waals surface area contributed by atoms with Crippen LogP contribution >= 0.6 is 0 Å². The molecule has 0 fully saturated rings. The van der Waals surface area contributed by atoms with Gasteiger partial charge in [-0.2, -0.15) is 4.98 Å². The van der Waals surface area contributed by atoms with E-state index in [4.69, 9.17) is 4.42 Å². The number of hydrogen-bond donors (Lipinski definition) is 0. The van der Waals surface area contributed by atoms with E-state index in [1.165, 1.54) is 12.7 Å². The molecule has 54 valence electrons. The number of oxazole rings is 1. The predicted molar refractivity (Wildman–Crippen MR) is 40.9 cm³/mol. The highest BCUT2D eigenvalue weighted by Crippen LogP contribution is 2.02. The third-order valence-electron chi connectivity index (χ3n) is 1.37. The Balaban J connectivity index is 2.79. The Morgan fingerprint density at radius 3 is 3.09 bits per heavy atom. The first-order chi connectivity index (χ1) is 5.42. The molecule has 0 bridgehead atoms. The Kier molecular flexibility index (Phi) is 1.43. The predicted octanol–water partition coefficient (Wildman–Crippen LogP) is -0.00460. The molecule has 0 spiro atoms. The van der Waals surface area contributed by atoms with Crippen LogP contribution in [-0.4, -0.2) is 24.5 Å². The van der Waals surface area contributed by atoms with E-state index < -0.39 is 0 Å². The van der Waals surface area contributed by atoms with E-state index in [9.17, 15) is 0 Å². The zero-order valence-corrected chi connectivity index (χ0v) is 6.90. The van der Waals surface area contributed by atoms with Crippen molar-refractivity contribution in [2.24, 2.45) is 0 Å². The topological polar surface area (TPSA) is 51.8 Å². The first-order valence-corrected chi connectivity index (χ1v) is 4.64. The van der Waals surface area contributed by atoms with Crippen molar-refractivity contribution in [3.05, 3.63) is 12.7 Å². The molecule has 0 amide bonds. The van der Waals surface area contributed by atoms with E-state index in [1.54, 1.807) is 0 Å². The van der Waals surface area contributed by atoms with Gasteiger partial charge in [0.25, 0.3) is 0 Å². The molecular weight excluding hydrogens is 158 g/mol. The first-order valence-electron chi connectivity index (χ1n) is 3.14. The van der Waals surface area contributed by atoms with Gasteiger partial charge in [-0.15, -0.1) is 0 Å². The van der Waals surface area contributed by atoms with Gasteiger partial charge in [0, 0.05) is 0 Å². The van der Waals surface area contributed by atoms with Crippen LogP contribution in [0, 0.1) is 0 Å². The third kappa shape index (κ3) is 0.931. The molecule has 2 heterocycles. The minimum atomic E-state index is 0.573. The lowest BCUT2D eigenvalue weighted by atomic mass is 10.6. The van der Waals surface area contributed by atoms with E-state index in [0.29, 0.717) is 15.2 Å². The highest BCUT2D eigenvalue weighted by atomic mass is 28.2. The van der Waals surface area contributed by atoms with Crippen molar-refractivity contribution in [1.29, 1.82) is 0 Å². The molecule has 2 aromatic heterocycles. The molecule has 4 nitrogen and oxygen atoms in total. The Bertz CT molecular complexity index is 373. The van der Waals surface area contributed by atoms with Crippen molar-refractivity contribution in [2.45, 2.75) is 6.55 Å². The van der Waals surface area contributed by atoms with Gasteiger partial charge in [0.2, 0.25) is 5.71 Å². The number of hydrogen-bond acceptors (Lipinski definition) is 4. The van der Waals surface area contributed by atoms with Crippen LogP contribution in [0.1, 0.15) is 0 Å². The molecule has 0 aromatic carbocycles. The largest absolute Gasteiger partial charge is 0.425 e. The van der Waals surface area contributed by atoms with Crippen molar-refractivity contribution in [2.75, 3.05) is 0 Å². The number of rotatable bonds is 1. The molecule has 0 aliphatic rings. The van der Waals surface area contributed by atoms with Crippen LogP contribution in [0.2, 0.25) is 6.55 Å². The van der Waals surface area contributed by atoms with Crippen LogP contribution in [0.15, 0.2) is 17.1 Å². The molecule has 0 atom stereocenters. The lowest BCUT2D eigenvalue weighted by Crippen LogP contribution is -2.16. The number of fused-ring (bicyclic) bond motifs is 1. The summed E-state index contributed by atoms with van der Waals surface area (Å²) in [6.45, 7) is 2.05. The normalized spacial score (nSPS) is 10.6. The van der Waals surface area contributed by atoms with E-state index in [-0.39, 0.29) is 0 Å². The molecule has 0 saturated heterocycles. The summed E-state index contributed by atoms with van der Waals surface area (Å²) in [6.07, 6.45) is 2.89. The molecule has 5 heteroatoms.